The summed E-state index contributed by atoms with van der Waals surface area (Å²) in [5.74, 6) is 0. The molecule has 1 nitrogen and oxygen atoms in total. The molecule has 0 aromatic heterocycles. The SMILES string of the molecule is CCCC(C)NC(CC(F)(F)F)c1ccccc1. The van der Waals surface area contributed by atoms with Crippen molar-refractivity contribution in [3.05, 3.63) is 35.9 Å². The van der Waals surface area contributed by atoms with E-state index in [1.54, 1.807) is 24.3 Å². The van der Waals surface area contributed by atoms with Crippen LogP contribution in [0.15, 0.2) is 30.3 Å². The molecule has 0 heterocycles. The molecule has 2 atom stereocenters. The number of nitrogens with one attached hydrogen (secondary N) is 1. The molecule has 0 aliphatic rings. The van der Waals surface area contributed by atoms with E-state index in [2.05, 4.69) is 5.32 Å². The third-order valence-corrected chi connectivity index (χ3v) is 2.84. The molecule has 0 saturated heterocycles. The number of alkyl halides is 3. The van der Waals surface area contributed by atoms with Crippen molar-refractivity contribution < 1.29 is 13.2 Å². The highest BCUT2D eigenvalue weighted by molar-refractivity contribution is 5.19. The van der Waals surface area contributed by atoms with Crippen molar-refractivity contribution in [3.63, 3.8) is 0 Å². The molecule has 0 fully saturated rings. The first-order valence-electron chi connectivity index (χ1n) is 6.30. The van der Waals surface area contributed by atoms with Crippen molar-refractivity contribution in [1.82, 2.24) is 5.32 Å². The van der Waals surface area contributed by atoms with Gasteiger partial charge in [-0.25, -0.2) is 0 Å². The third kappa shape index (κ3) is 5.54. The molecule has 2 unspecified atom stereocenters. The minimum Gasteiger partial charge on any atom is -0.307 e. The fourth-order valence-electron chi connectivity index (χ4n) is 2.05. The lowest BCUT2D eigenvalue weighted by Crippen LogP contribution is -2.33. The Kier molecular flexibility index (Phi) is 5.66. The Labute approximate surface area is 106 Å². The van der Waals surface area contributed by atoms with E-state index >= 15 is 0 Å². The lowest BCUT2D eigenvalue weighted by molar-refractivity contribution is -0.140. The summed E-state index contributed by atoms with van der Waals surface area (Å²) in [4.78, 5) is 0. The second kappa shape index (κ2) is 6.78. The van der Waals surface area contributed by atoms with Crippen LogP contribution >= 0.6 is 0 Å². The molecule has 0 aliphatic heterocycles. The molecule has 0 aliphatic carbocycles. The number of hydrogen-bond donors (Lipinski definition) is 1. The molecular formula is C14H20F3N. The van der Waals surface area contributed by atoms with E-state index in [4.69, 9.17) is 0 Å². The Morgan fingerprint density at radius 1 is 1.17 bits per heavy atom. The molecule has 0 radical (unpaired) electrons. The summed E-state index contributed by atoms with van der Waals surface area (Å²) >= 11 is 0. The van der Waals surface area contributed by atoms with Gasteiger partial charge >= 0.3 is 6.18 Å². The van der Waals surface area contributed by atoms with Gasteiger partial charge in [0.1, 0.15) is 0 Å². The first-order valence-corrected chi connectivity index (χ1v) is 6.30. The minimum atomic E-state index is -4.15. The van der Waals surface area contributed by atoms with Gasteiger partial charge in [0.2, 0.25) is 0 Å². The number of benzene rings is 1. The van der Waals surface area contributed by atoms with E-state index in [0.29, 0.717) is 5.56 Å². The van der Waals surface area contributed by atoms with Crippen LogP contribution in [0, 0.1) is 0 Å². The zero-order valence-corrected chi connectivity index (χ0v) is 10.8. The van der Waals surface area contributed by atoms with Crippen molar-refractivity contribution in [2.24, 2.45) is 0 Å². The minimum absolute atomic E-state index is 0.0857. The second-order valence-corrected chi connectivity index (χ2v) is 4.64. The molecule has 102 valence electrons. The van der Waals surface area contributed by atoms with Crippen LogP contribution in [0.5, 0.6) is 0 Å². The van der Waals surface area contributed by atoms with Gasteiger partial charge in [0.15, 0.2) is 0 Å². The predicted octanol–water partition coefficient (Wildman–Crippen LogP) is 4.46. The summed E-state index contributed by atoms with van der Waals surface area (Å²) in [5.41, 5.74) is 0.692. The van der Waals surface area contributed by atoms with Gasteiger partial charge in [0.25, 0.3) is 0 Å². The first kappa shape index (κ1) is 15.0. The standard InChI is InChI=1S/C14H20F3N/c1-3-7-11(2)18-13(10-14(15,16)17)12-8-5-4-6-9-12/h4-6,8-9,11,13,18H,3,7,10H2,1-2H3. The Balaban J connectivity index is 2.76. The first-order chi connectivity index (χ1) is 8.42. The van der Waals surface area contributed by atoms with Crippen LogP contribution in [-0.2, 0) is 0 Å². The quantitative estimate of drug-likeness (QED) is 0.795. The van der Waals surface area contributed by atoms with E-state index in [1.165, 1.54) is 0 Å². The van der Waals surface area contributed by atoms with Gasteiger partial charge in [-0.2, -0.15) is 13.2 Å². The normalized spacial score (nSPS) is 15.4. The molecule has 1 rings (SSSR count). The predicted molar refractivity (Wildman–Crippen MR) is 67.4 cm³/mol. The topological polar surface area (TPSA) is 12.0 Å². The zero-order valence-electron chi connectivity index (χ0n) is 10.8. The van der Waals surface area contributed by atoms with Crippen LogP contribution in [0.4, 0.5) is 13.2 Å². The van der Waals surface area contributed by atoms with Crippen LogP contribution in [0.3, 0.4) is 0 Å². The Hall–Kier alpha value is -1.03. The monoisotopic (exact) mass is 259 g/mol. The van der Waals surface area contributed by atoms with Crippen molar-refractivity contribution in [3.8, 4) is 0 Å². The molecule has 0 bridgehead atoms. The largest absolute Gasteiger partial charge is 0.390 e. The highest BCUT2D eigenvalue weighted by Gasteiger charge is 2.32. The molecule has 1 aromatic carbocycles. The number of hydrogen-bond acceptors (Lipinski definition) is 1. The molecule has 18 heavy (non-hydrogen) atoms. The summed E-state index contributed by atoms with van der Waals surface area (Å²) in [5, 5.41) is 3.07. The summed E-state index contributed by atoms with van der Waals surface area (Å²) in [6.07, 6.45) is -3.15. The Morgan fingerprint density at radius 2 is 1.78 bits per heavy atom. The second-order valence-electron chi connectivity index (χ2n) is 4.64. The van der Waals surface area contributed by atoms with Gasteiger partial charge in [-0.15, -0.1) is 0 Å². The summed E-state index contributed by atoms with van der Waals surface area (Å²) in [6.45, 7) is 3.95. The van der Waals surface area contributed by atoms with Crippen LogP contribution < -0.4 is 5.32 Å². The maximum atomic E-state index is 12.6. The lowest BCUT2D eigenvalue weighted by Gasteiger charge is -2.24. The molecule has 0 saturated carbocycles. The van der Waals surface area contributed by atoms with Crippen LogP contribution in [0.2, 0.25) is 0 Å². The fourth-order valence-corrected chi connectivity index (χ4v) is 2.05. The van der Waals surface area contributed by atoms with Gasteiger partial charge in [0.05, 0.1) is 6.42 Å². The molecule has 1 aromatic rings. The highest BCUT2D eigenvalue weighted by atomic mass is 19.4. The molecular weight excluding hydrogens is 239 g/mol. The van der Waals surface area contributed by atoms with Crippen molar-refractivity contribution in [2.45, 2.75) is 51.4 Å². The van der Waals surface area contributed by atoms with Gasteiger partial charge in [-0.3, -0.25) is 0 Å². The van der Waals surface area contributed by atoms with Crippen molar-refractivity contribution >= 4 is 0 Å². The Bertz CT molecular complexity index is 335. The fraction of sp³-hybridized carbons (Fsp3) is 0.571. The van der Waals surface area contributed by atoms with E-state index in [1.807, 2.05) is 19.9 Å². The van der Waals surface area contributed by atoms with Crippen molar-refractivity contribution in [1.29, 1.82) is 0 Å². The average Bonchev–Trinajstić information content (AvgIpc) is 2.28. The smallest absolute Gasteiger partial charge is 0.307 e. The van der Waals surface area contributed by atoms with Gasteiger partial charge in [-0.05, 0) is 18.9 Å². The molecule has 1 N–H and O–H groups in total. The van der Waals surface area contributed by atoms with E-state index in [9.17, 15) is 13.2 Å². The van der Waals surface area contributed by atoms with E-state index < -0.39 is 18.6 Å². The molecule has 0 amide bonds. The number of rotatable bonds is 6. The van der Waals surface area contributed by atoms with E-state index in [-0.39, 0.29) is 6.04 Å². The van der Waals surface area contributed by atoms with Crippen molar-refractivity contribution in [2.75, 3.05) is 0 Å². The zero-order chi connectivity index (χ0) is 13.6. The average molecular weight is 259 g/mol. The van der Waals surface area contributed by atoms with Crippen LogP contribution in [-0.4, -0.2) is 12.2 Å². The van der Waals surface area contributed by atoms with Gasteiger partial charge in [-0.1, -0.05) is 43.7 Å². The maximum Gasteiger partial charge on any atom is 0.390 e. The third-order valence-electron chi connectivity index (χ3n) is 2.84. The maximum absolute atomic E-state index is 12.6. The van der Waals surface area contributed by atoms with E-state index in [0.717, 1.165) is 12.8 Å². The molecule has 0 spiro atoms. The Morgan fingerprint density at radius 3 is 2.28 bits per heavy atom. The summed E-state index contributed by atoms with van der Waals surface area (Å²) < 4.78 is 37.8. The highest BCUT2D eigenvalue weighted by Crippen LogP contribution is 2.30. The summed E-state index contributed by atoms with van der Waals surface area (Å²) in [6, 6.07) is 8.25. The van der Waals surface area contributed by atoms with Gasteiger partial charge in [0, 0.05) is 12.1 Å². The number of halogens is 3. The van der Waals surface area contributed by atoms with Crippen LogP contribution in [0.25, 0.3) is 0 Å². The molecule has 4 heteroatoms. The van der Waals surface area contributed by atoms with Crippen LogP contribution in [0.1, 0.15) is 44.7 Å². The van der Waals surface area contributed by atoms with Gasteiger partial charge < -0.3 is 5.32 Å². The lowest BCUT2D eigenvalue weighted by atomic mass is 10.0. The summed E-state index contributed by atoms with van der Waals surface area (Å²) in [7, 11) is 0.